The summed E-state index contributed by atoms with van der Waals surface area (Å²) in [7, 11) is 0. The zero-order valence-corrected chi connectivity index (χ0v) is 17.7. The molecule has 3 rings (SSSR count). The van der Waals surface area contributed by atoms with Gasteiger partial charge in [-0.2, -0.15) is 18.4 Å². The molecule has 0 heterocycles. The average Bonchev–Trinajstić information content (AvgIpc) is 2.79. The van der Waals surface area contributed by atoms with Gasteiger partial charge >= 0.3 is 6.18 Å². The molecule has 0 atom stereocenters. The Hall–Kier alpha value is -4.12. The van der Waals surface area contributed by atoms with E-state index in [0.29, 0.717) is 32.8 Å². The van der Waals surface area contributed by atoms with Crippen molar-refractivity contribution in [1.29, 1.82) is 5.26 Å². The molecule has 3 aromatic rings. The lowest BCUT2D eigenvalue weighted by Gasteiger charge is -2.24. The van der Waals surface area contributed by atoms with Crippen molar-refractivity contribution in [2.24, 2.45) is 0 Å². The molecule has 0 radical (unpaired) electrons. The van der Waals surface area contributed by atoms with Gasteiger partial charge in [0.2, 0.25) is 0 Å². The molecule has 3 aromatic carbocycles. The van der Waals surface area contributed by atoms with Crippen molar-refractivity contribution < 1.29 is 22.8 Å². The second-order valence-electron chi connectivity index (χ2n) is 7.43. The van der Waals surface area contributed by atoms with Crippen LogP contribution in [0.3, 0.4) is 0 Å². The Labute approximate surface area is 189 Å². The van der Waals surface area contributed by atoms with Crippen LogP contribution in [0.1, 0.15) is 37.4 Å². The highest BCUT2D eigenvalue weighted by atomic mass is 19.4. The van der Waals surface area contributed by atoms with Gasteiger partial charge in [-0.15, -0.1) is 0 Å². The van der Waals surface area contributed by atoms with Crippen LogP contribution in [-0.2, 0) is 6.54 Å². The second kappa shape index (κ2) is 10.0. The van der Waals surface area contributed by atoms with Crippen molar-refractivity contribution in [2.75, 3.05) is 11.9 Å². The highest BCUT2D eigenvalue weighted by Crippen LogP contribution is 2.23. The molecule has 0 aromatic heterocycles. The molecule has 0 bridgehead atoms. The fourth-order valence-electron chi connectivity index (χ4n) is 3.18. The van der Waals surface area contributed by atoms with Crippen molar-refractivity contribution in [2.45, 2.75) is 19.6 Å². The van der Waals surface area contributed by atoms with Gasteiger partial charge < -0.3 is 10.2 Å². The van der Waals surface area contributed by atoms with E-state index in [2.05, 4.69) is 5.32 Å². The van der Waals surface area contributed by atoms with Gasteiger partial charge in [-0.05, 0) is 54.4 Å². The average molecular weight is 451 g/mol. The first-order valence-corrected chi connectivity index (χ1v) is 9.98. The number of aryl methyl sites for hydroxylation is 1. The van der Waals surface area contributed by atoms with Crippen molar-refractivity contribution in [3.05, 3.63) is 101 Å². The molecule has 0 fully saturated rings. The molecule has 0 aliphatic rings. The van der Waals surface area contributed by atoms with E-state index in [0.717, 1.165) is 0 Å². The fraction of sp³-hybridized carbons (Fsp3) is 0.160. The molecule has 5 nitrogen and oxygen atoms in total. The normalized spacial score (nSPS) is 10.9. The minimum atomic E-state index is -4.60. The maximum Gasteiger partial charge on any atom is 0.406 e. The van der Waals surface area contributed by atoms with Gasteiger partial charge in [0.1, 0.15) is 6.54 Å². The SMILES string of the molecule is Cc1ccc(C(=O)N(Cc2ccc(C#N)cc2)CC(F)(F)F)cc1NC(=O)c1ccccc1. The van der Waals surface area contributed by atoms with Gasteiger partial charge in [0.15, 0.2) is 0 Å². The van der Waals surface area contributed by atoms with Crippen LogP contribution in [0.4, 0.5) is 18.9 Å². The van der Waals surface area contributed by atoms with Crippen LogP contribution in [0, 0.1) is 18.3 Å². The molecule has 1 N–H and O–H groups in total. The number of hydrogen-bond donors (Lipinski definition) is 1. The van der Waals surface area contributed by atoms with E-state index in [9.17, 15) is 22.8 Å². The van der Waals surface area contributed by atoms with Gasteiger partial charge in [-0.1, -0.05) is 36.4 Å². The fourth-order valence-corrected chi connectivity index (χ4v) is 3.18. The van der Waals surface area contributed by atoms with Crippen molar-refractivity contribution in [1.82, 2.24) is 4.90 Å². The lowest BCUT2D eigenvalue weighted by Crippen LogP contribution is -2.38. The molecule has 0 spiro atoms. The molecule has 8 heteroatoms. The molecule has 0 aliphatic heterocycles. The monoisotopic (exact) mass is 451 g/mol. The number of hydrogen-bond acceptors (Lipinski definition) is 3. The molecular weight excluding hydrogens is 431 g/mol. The smallest absolute Gasteiger partial charge is 0.325 e. The molecule has 0 unspecified atom stereocenters. The number of nitrogens with one attached hydrogen (secondary N) is 1. The van der Waals surface area contributed by atoms with Gasteiger partial charge in [-0.25, -0.2) is 0 Å². The molecule has 0 saturated carbocycles. The van der Waals surface area contributed by atoms with Gasteiger partial charge in [0.25, 0.3) is 11.8 Å². The summed E-state index contributed by atoms with van der Waals surface area (Å²) in [4.78, 5) is 26.2. The van der Waals surface area contributed by atoms with E-state index in [-0.39, 0.29) is 12.1 Å². The maximum atomic E-state index is 13.2. The van der Waals surface area contributed by atoms with E-state index in [4.69, 9.17) is 5.26 Å². The van der Waals surface area contributed by atoms with Crippen LogP contribution < -0.4 is 5.32 Å². The number of alkyl halides is 3. The minimum absolute atomic E-state index is 0.0156. The zero-order valence-electron chi connectivity index (χ0n) is 17.7. The Kier molecular flexibility index (Phi) is 7.13. The third-order valence-corrected chi connectivity index (χ3v) is 4.88. The Balaban J connectivity index is 1.86. The number of rotatable bonds is 6. The Morgan fingerprint density at radius 3 is 2.24 bits per heavy atom. The molecule has 168 valence electrons. The molecular formula is C25H20F3N3O2. The van der Waals surface area contributed by atoms with Crippen LogP contribution in [0.15, 0.2) is 72.8 Å². The topological polar surface area (TPSA) is 73.2 Å². The van der Waals surface area contributed by atoms with Crippen LogP contribution in [-0.4, -0.2) is 29.4 Å². The number of nitrogens with zero attached hydrogens (tertiary/aromatic N) is 2. The maximum absolute atomic E-state index is 13.2. The van der Waals surface area contributed by atoms with Crippen LogP contribution in [0.25, 0.3) is 0 Å². The van der Waals surface area contributed by atoms with Crippen molar-refractivity contribution in [3.8, 4) is 6.07 Å². The summed E-state index contributed by atoms with van der Waals surface area (Å²) in [5, 5.41) is 11.6. The zero-order chi connectivity index (χ0) is 24.0. The number of amides is 2. The first kappa shape index (κ1) is 23.5. The second-order valence-corrected chi connectivity index (χ2v) is 7.43. The van der Waals surface area contributed by atoms with E-state index >= 15 is 0 Å². The first-order chi connectivity index (χ1) is 15.7. The third-order valence-electron chi connectivity index (χ3n) is 4.88. The number of anilines is 1. The summed E-state index contributed by atoms with van der Waals surface area (Å²) in [5.74, 6) is -1.22. The van der Waals surface area contributed by atoms with Crippen molar-refractivity contribution >= 4 is 17.5 Å². The Bertz CT molecular complexity index is 1180. The number of nitriles is 1. The number of carbonyl (C=O) groups excluding carboxylic acids is 2. The number of benzene rings is 3. The first-order valence-electron chi connectivity index (χ1n) is 9.98. The summed E-state index contributed by atoms with van der Waals surface area (Å²) in [6, 6.07) is 20.7. The van der Waals surface area contributed by atoms with Crippen LogP contribution in [0.2, 0.25) is 0 Å². The predicted molar refractivity (Wildman–Crippen MR) is 118 cm³/mol. The van der Waals surface area contributed by atoms with Gasteiger partial charge in [0, 0.05) is 23.4 Å². The highest BCUT2D eigenvalue weighted by molar-refractivity contribution is 6.05. The van der Waals surface area contributed by atoms with Crippen LogP contribution >= 0.6 is 0 Å². The molecule has 0 aliphatic carbocycles. The largest absolute Gasteiger partial charge is 0.406 e. The summed E-state index contributed by atoms with van der Waals surface area (Å²) in [6.07, 6.45) is -4.60. The summed E-state index contributed by atoms with van der Waals surface area (Å²) < 4.78 is 39.6. The molecule has 0 saturated heterocycles. The van der Waals surface area contributed by atoms with E-state index < -0.39 is 24.5 Å². The van der Waals surface area contributed by atoms with E-state index in [1.54, 1.807) is 43.3 Å². The van der Waals surface area contributed by atoms with Gasteiger partial charge in [0.05, 0.1) is 11.6 Å². The summed E-state index contributed by atoms with van der Waals surface area (Å²) in [6.45, 7) is -0.00580. The van der Waals surface area contributed by atoms with Gasteiger partial charge in [-0.3, -0.25) is 9.59 Å². The minimum Gasteiger partial charge on any atom is -0.325 e. The molecule has 2 amide bonds. The summed E-state index contributed by atoms with van der Waals surface area (Å²) >= 11 is 0. The lowest BCUT2D eigenvalue weighted by molar-refractivity contribution is -0.141. The molecule has 33 heavy (non-hydrogen) atoms. The number of halogens is 3. The Morgan fingerprint density at radius 1 is 0.970 bits per heavy atom. The standard InChI is InChI=1S/C25H20F3N3O2/c1-17-7-12-21(13-22(17)30-23(32)20-5-3-2-4-6-20)24(33)31(16-25(26,27)28)15-19-10-8-18(14-29)9-11-19/h2-13H,15-16H2,1H3,(H,30,32). The Morgan fingerprint density at radius 2 is 1.64 bits per heavy atom. The van der Waals surface area contributed by atoms with Crippen LogP contribution in [0.5, 0.6) is 0 Å². The number of carbonyl (C=O) groups is 2. The lowest BCUT2D eigenvalue weighted by atomic mass is 10.1. The van der Waals surface area contributed by atoms with E-state index in [1.807, 2.05) is 6.07 Å². The quantitative estimate of drug-likeness (QED) is 0.551. The van der Waals surface area contributed by atoms with Crippen molar-refractivity contribution in [3.63, 3.8) is 0 Å². The predicted octanol–water partition coefficient (Wildman–Crippen LogP) is 5.32. The highest BCUT2D eigenvalue weighted by Gasteiger charge is 2.33. The third kappa shape index (κ3) is 6.43. The summed E-state index contributed by atoms with van der Waals surface area (Å²) in [5.41, 5.74) is 2.24. The van der Waals surface area contributed by atoms with E-state index in [1.165, 1.54) is 36.4 Å².